The van der Waals surface area contributed by atoms with Gasteiger partial charge in [-0.05, 0) is 43.4 Å². The van der Waals surface area contributed by atoms with Crippen LogP contribution in [0.25, 0.3) is 0 Å². The molecule has 2 unspecified atom stereocenters. The van der Waals surface area contributed by atoms with E-state index in [1.807, 2.05) is 0 Å². The summed E-state index contributed by atoms with van der Waals surface area (Å²) in [6.45, 7) is 5.98. The second kappa shape index (κ2) is 11.1. The normalized spacial score (nSPS) is 21.5. The van der Waals surface area contributed by atoms with E-state index in [2.05, 4.69) is 10.6 Å². The monoisotopic (exact) mass is 516 g/mol. The molecule has 2 rings (SSSR count). The van der Waals surface area contributed by atoms with Gasteiger partial charge in [0.2, 0.25) is 23.5 Å². The zero-order valence-electron chi connectivity index (χ0n) is 21.4. The Morgan fingerprint density at radius 1 is 1.06 bits per heavy atom. The molecule has 0 aromatic heterocycles. The van der Waals surface area contributed by atoms with Crippen molar-refractivity contribution in [3.05, 3.63) is 0 Å². The van der Waals surface area contributed by atoms with Crippen LogP contribution < -0.4 is 16.4 Å². The molecule has 36 heavy (non-hydrogen) atoms. The van der Waals surface area contributed by atoms with Gasteiger partial charge in [0, 0.05) is 13.0 Å². The standard InChI is InChI=1S/C24H38F2N4O6/c1-22(2,3)17(29-21(35)36)20(34)30-13-24(9-6-5-7-10-24)12-15(30)19(33)28-14(16(31)18(27)32)8-11-23(4,25)26/h14-15,17,29H,5-13H2,1-4H3,(H2,27,32)(H,28,33)(H,35,36)/t14?,15-,17?/m0/s1. The molecule has 4 amide bonds. The minimum atomic E-state index is -3.13. The number of carboxylic acid groups (broad SMARTS) is 1. The van der Waals surface area contributed by atoms with Crippen LogP contribution in [-0.2, 0) is 19.2 Å². The van der Waals surface area contributed by atoms with E-state index in [1.54, 1.807) is 20.8 Å². The van der Waals surface area contributed by atoms with Gasteiger partial charge in [-0.1, -0.05) is 40.0 Å². The summed E-state index contributed by atoms with van der Waals surface area (Å²) in [5.74, 6) is -7.03. The van der Waals surface area contributed by atoms with Crippen molar-refractivity contribution < 1.29 is 37.9 Å². The number of hydrogen-bond acceptors (Lipinski definition) is 5. The fraction of sp³-hybridized carbons (Fsp3) is 0.792. The Kier molecular flexibility index (Phi) is 9.06. The predicted molar refractivity (Wildman–Crippen MR) is 126 cm³/mol. The summed E-state index contributed by atoms with van der Waals surface area (Å²) in [4.78, 5) is 63.6. The van der Waals surface area contributed by atoms with Gasteiger partial charge in [-0.25, -0.2) is 13.6 Å². The predicted octanol–water partition coefficient (Wildman–Crippen LogP) is 2.19. The van der Waals surface area contributed by atoms with Crippen LogP contribution in [0.1, 0.15) is 79.1 Å². The van der Waals surface area contributed by atoms with E-state index in [1.165, 1.54) is 4.90 Å². The van der Waals surface area contributed by atoms with E-state index in [4.69, 9.17) is 5.73 Å². The molecule has 0 aromatic rings. The first kappa shape index (κ1) is 29.4. The number of rotatable bonds is 9. The largest absolute Gasteiger partial charge is 0.465 e. The van der Waals surface area contributed by atoms with Gasteiger partial charge in [-0.15, -0.1) is 0 Å². The highest BCUT2D eigenvalue weighted by molar-refractivity contribution is 6.37. The number of Topliss-reactive ketones (excluding diaryl/α,β-unsaturated/α-hetero) is 1. The molecule has 2 aliphatic rings. The summed E-state index contributed by atoms with van der Waals surface area (Å²) in [5.41, 5.74) is 3.92. The number of primary amides is 1. The van der Waals surface area contributed by atoms with Crippen LogP contribution in [0.5, 0.6) is 0 Å². The highest BCUT2D eigenvalue weighted by atomic mass is 19.3. The van der Waals surface area contributed by atoms with Crippen molar-refractivity contribution in [1.82, 2.24) is 15.5 Å². The van der Waals surface area contributed by atoms with Crippen LogP contribution in [0.4, 0.5) is 13.6 Å². The van der Waals surface area contributed by atoms with E-state index in [0.717, 1.165) is 32.1 Å². The molecule has 1 saturated carbocycles. The van der Waals surface area contributed by atoms with Crippen molar-refractivity contribution in [3.63, 3.8) is 0 Å². The van der Waals surface area contributed by atoms with Gasteiger partial charge in [-0.3, -0.25) is 19.2 Å². The molecule has 12 heteroatoms. The third-order valence-electron chi connectivity index (χ3n) is 7.14. The molecule has 1 heterocycles. The summed E-state index contributed by atoms with van der Waals surface area (Å²) < 4.78 is 26.9. The summed E-state index contributed by atoms with van der Waals surface area (Å²) in [6.07, 6.45) is 2.05. The number of ketones is 1. The first-order valence-electron chi connectivity index (χ1n) is 12.3. The molecule has 5 N–H and O–H groups in total. The van der Waals surface area contributed by atoms with Gasteiger partial charge in [0.25, 0.3) is 5.91 Å². The van der Waals surface area contributed by atoms with Gasteiger partial charge in [-0.2, -0.15) is 0 Å². The maximum atomic E-state index is 13.6. The van der Waals surface area contributed by atoms with E-state index in [9.17, 15) is 37.9 Å². The van der Waals surface area contributed by atoms with E-state index in [-0.39, 0.29) is 18.4 Å². The maximum Gasteiger partial charge on any atom is 0.405 e. The lowest BCUT2D eigenvalue weighted by atomic mass is 9.72. The number of likely N-dealkylation sites (tertiary alicyclic amines) is 1. The van der Waals surface area contributed by atoms with Gasteiger partial charge in [0.1, 0.15) is 12.1 Å². The fourth-order valence-corrected chi connectivity index (χ4v) is 5.23. The summed E-state index contributed by atoms with van der Waals surface area (Å²) in [5, 5.41) is 13.9. The van der Waals surface area contributed by atoms with Crippen molar-refractivity contribution in [2.24, 2.45) is 16.6 Å². The number of halogens is 2. The number of amides is 4. The van der Waals surface area contributed by atoms with Crippen molar-refractivity contribution in [1.29, 1.82) is 0 Å². The van der Waals surface area contributed by atoms with Crippen molar-refractivity contribution >= 4 is 29.6 Å². The van der Waals surface area contributed by atoms with Crippen LogP contribution in [0.15, 0.2) is 0 Å². The summed E-state index contributed by atoms with van der Waals surface area (Å²) in [7, 11) is 0. The van der Waals surface area contributed by atoms with Crippen LogP contribution in [0.3, 0.4) is 0 Å². The Bertz CT molecular complexity index is 877. The topological polar surface area (TPSA) is 159 Å². The van der Waals surface area contributed by atoms with E-state index >= 15 is 0 Å². The molecule has 2 fully saturated rings. The zero-order valence-corrected chi connectivity index (χ0v) is 21.4. The Labute approximate surface area is 209 Å². The first-order chi connectivity index (χ1) is 16.5. The molecule has 1 aliphatic heterocycles. The molecule has 10 nitrogen and oxygen atoms in total. The number of alkyl halides is 2. The van der Waals surface area contributed by atoms with Crippen molar-refractivity contribution in [3.8, 4) is 0 Å². The van der Waals surface area contributed by atoms with Gasteiger partial charge >= 0.3 is 6.09 Å². The third kappa shape index (κ3) is 7.60. The summed E-state index contributed by atoms with van der Waals surface area (Å²) >= 11 is 0. The number of nitrogens with zero attached hydrogens (tertiary/aromatic N) is 1. The molecule has 1 saturated heterocycles. The van der Waals surface area contributed by atoms with Crippen molar-refractivity contribution in [2.75, 3.05) is 6.54 Å². The number of carbonyl (C=O) groups excluding carboxylic acids is 4. The molecule has 1 spiro atoms. The Hall–Kier alpha value is -2.79. The molecule has 1 aliphatic carbocycles. The highest BCUT2D eigenvalue weighted by Gasteiger charge is 2.51. The van der Waals surface area contributed by atoms with Crippen LogP contribution in [0.2, 0.25) is 0 Å². The highest BCUT2D eigenvalue weighted by Crippen LogP contribution is 2.47. The molecule has 0 aromatic carbocycles. The van der Waals surface area contributed by atoms with Gasteiger partial charge in [0.15, 0.2) is 0 Å². The molecular formula is C24H38F2N4O6. The van der Waals surface area contributed by atoms with E-state index < -0.39 is 71.9 Å². The molecule has 3 atom stereocenters. The Morgan fingerprint density at radius 3 is 2.11 bits per heavy atom. The number of nitrogens with one attached hydrogen (secondary N) is 2. The molecule has 0 radical (unpaired) electrons. The zero-order chi connectivity index (χ0) is 27.5. The van der Waals surface area contributed by atoms with Crippen LogP contribution in [-0.4, -0.2) is 70.2 Å². The second-order valence-corrected chi connectivity index (χ2v) is 11.4. The third-order valence-corrected chi connectivity index (χ3v) is 7.14. The molecule has 204 valence electrons. The first-order valence-corrected chi connectivity index (χ1v) is 12.3. The lowest BCUT2D eigenvalue weighted by Gasteiger charge is -2.36. The fourth-order valence-electron chi connectivity index (χ4n) is 5.23. The number of hydrogen-bond donors (Lipinski definition) is 4. The molecule has 0 bridgehead atoms. The van der Waals surface area contributed by atoms with E-state index in [0.29, 0.717) is 6.92 Å². The van der Waals surface area contributed by atoms with Crippen LogP contribution in [0, 0.1) is 10.8 Å². The minimum absolute atomic E-state index is 0.235. The van der Waals surface area contributed by atoms with Crippen LogP contribution >= 0.6 is 0 Å². The molecular weight excluding hydrogens is 478 g/mol. The SMILES string of the molecule is CC(F)(F)CCC(NC(=O)[C@@H]1CC2(CCCCC2)CN1C(=O)C(NC(=O)O)C(C)(C)C)C(=O)C(N)=O. The lowest BCUT2D eigenvalue weighted by molar-refractivity contribution is -0.143. The van der Waals surface area contributed by atoms with Crippen molar-refractivity contribution in [2.45, 2.75) is 103 Å². The number of carbonyl (C=O) groups is 5. The Morgan fingerprint density at radius 2 is 1.64 bits per heavy atom. The average molecular weight is 517 g/mol. The maximum absolute atomic E-state index is 13.6. The van der Waals surface area contributed by atoms with Gasteiger partial charge < -0.3 is 26.4 Å². The number of nitrogens with two attached hydrogens (primary N) is 1. The van der Waals surface area contributed by atoms with Gasteiger partial charge in [0.05, 0.1) is 6.04 Å². The summed E-state index contributed by atoms with van der Waals surface area (Å²) in [6, 6.07) is -3.76. The average Bonchev–Trinajstić information content (AvgIpc) is 3.11. The minimum Gasteiger partial charge on any atom is -0.465 e. The quantitative estimate of drug-likeness (QED) is 0.344. The second-order valence-electron chi connectivity index (χ2n) is 11.4. The smallest absolute Gasteiger partial charge is 0.405 e. The Balaban J connectivity index is 2.36. The lowest BCUT2D eigenvalue weighted by Crippen LogP contribution is -2.58.